The van der Waals surface area contributed by atoms with E-state index in [9.17, 15) is 27.6 Å². The van der Waals surface area contributed by atoms with Crippen LogP contribution in [0.2, 0.25) is 0 Å². The van der Waals surface area contributed by atoms with Crippen LogP contribution < -0.4 is 10.6 Å². The standard InChI is InChI=1S/C30H32F3N3O4/c1-18(2)24-15-20(12-13-34-24)19-8-7-9-21(14-19)29(6,17-37)26(38)35-25-16-22(30(31,32)33)10-11-23(25)36-27(39)40-28(3,4)5/h7-18H,1-6H3,(H,35,38)(H,36,39). The van der Waals surface area contributed by atoms with Crippen molar-refractivity contribution in [2.75, 3.05) is 10.6 Å². The van der Waals surface area contributed by atoms with Gasteiger partial charge in [0.25, 0.3) is 0 Å². The summed E-state index contributed by atoms with van der Waals surface area (Å²) in [5.41, 5.74) is -1.41. The van der Waals surface area contributed by atoms with Crippen LogP contribution in [0, 0.1) is 0 Å². The molecule has 40 heavy (non-hydrogen) atoms. The summed E-state index contributed by atoms with van der Waals surface area (Å²) >= 11 is 0. The van der Waals surface area contributed by atoms with Crippen LogP contribution in [0.25, 0.3) is 11.1 Å². The third-order valence-electron chi connectivity index (χ3n) is 6.11. The number of hydrogen-bond donors (Lipinski definition) is 2. The molecule has 2 N–H and O–H groups in total. The predicted molar refractivity (Wildman–Crippen MR) is 147 cm³/mol. The number of nitrogens with zero attached hydrogens (tertiary/aromatic N) is 1. The Bertz CT molecular complexity index is 1410. The van der Waals surface area contributed by atoms with Gasteiger partial charge in [0.15, 0.2) is 0 Å². The molecule has 0 spiro atoms. The molecule has 1 unspecified atom stereocenters. The number of aldehydes is 1. The fourth-order valence-electron chi connectivity index (χ4n) is 3.82. The van der Waals surface area contributed by atoms with Crippen LogP contribution in [0.3, 0.4) is 0 Å². The van der Waals surface area contributed by atoms with Crippen molar-refractivity contribution in [2.24, 2.45) is 0 Å². The van der Waals surface area contributed by atoms with Gasteiger partial charge >= 0.3 is 12.3 Å². The number of hydrogen-bond acceptors (Lipinski definition) is 5. The van der Waals surface area contributed by atoms with E-state index in [0.29, 0.717) is 17.9 Å². The van der Waals surface area contributed by atoms with Crippen molar-refractivity contribution in [3.05, 3.63) is 77.6 Å². The molecule has 0 bridgehead atoms. The van der Waals surface area contributed by atoms with E-state index >= 15 is 0 Å². The van der Waals surface area contributed by atoms with Crippen LogP contribution in [0.5, 0.6) is 0 Å². The molecule has 0 aliphatic heterocycles. The molecule has 0 radical (unpaired) electrons. The van der Waals surface area contributed by atoms with Crippen LogP contribution in [0.1, 0.15) is 64.3 Å². The summed E-state index contributed by atoms with van der Waals surface area (Å²) in [6, 6.07) is 13.0. The van der Waals surface area contributed by atoms with Crippen molar-refractivity contribution >= 4 is 29.7 Å². The van der Waals surface area contributed by atoms with Crippen molar-refractivity contribution in [3.63, 3.8) is 0 Å². The number of pyridine rings is 1. The second-order valence-corrected chi connectivity index (χ2v) is 10.9. The Morgan fingerprint density at radius 3 is 2.15 bits per heavy atom. The molecule has 7 nitrogen and oxygen atoms in total. The minimum absolute atomic E-state index is 0.129. The zero-order valence-corrected chi connectivity index (χ0v) is 23.1. The SMILES string of the molecule is CC(C)c1cc(-c2cccc(C(C)(C=O)C(=O)Nc3cc(C(F)(F)F)ccc3NC(=O)OC(C)(C)C)c2)ccn1. The molecule has 1 aromatic heterocycles. The van der Waals surface area contributed by atoms with E-state index in [1.165, 1.54) is 6.92 Å². The number of alkyl halides is 3. The van der Waals surface area contributed by atoms with Crippen LogP contribution >= 0.6 is 0 Å². The first kappa shape index (κ1) is 30.3. The fraction of sp³-hybridized carbons (Fsp3) is 0.333. The van der Waals surface area contributed by atoms with Gasteiger partial charge in [-0.05, 0) is 86.7 Å². The summed E-state index contributed by atoms with van der Waals surface area (Å²) in [5, 5.41) is 4.78. The van der Waals surface area contributed by atoms with Crippen molar-refractivity contribution in [3.8, 4) is 11.1 Å². The predicted octanol–water partition coefficient (Wildman–Crippen LogP) is 7.33. The fourth-order valence-corrected chi connectivity index (χ4v) is 3.82. The molecule has 0 saturated heterocycles. The molecular formula is C30H32F3N3O4. The van der Waals surface area contributed by atoms with Gasteiger partial charge in [0.2, 0.25) is 5.91 Å². The molecule has 212 valence electrons. The first-order chi connectivity index (χ1) is 18.5. The van der Waals surface area contributed by atoms with Gasteiger partial charge in [-0.1, -0.05) is 32.0 Å². The number of aromatic nitrogens is 1. The van der Waals surface area contributed by atoms with Gasteiger partial charge in [-0.25, -0.2) is 4.79 Å². The summed E-state index contributed by atoms with van der Waals surface area (Å²) in [7, 11) is 0. The highest BCUT2D eigenvalue weighted by Crippen LogP contribution is 2.36. The second kappa shape index (κ2) is 11.5. The van der Waals surface area contributed by atoms with Crippen LogP contribution in [0.4, 0.5) is 29.3 Å². The van der Waals surface area contributed by atoms with E-state index in [2.05, 4.69) is 15.6 Å². The Morgan fingerprint density at radius 2 is 1.55 bits per heavy atom. The molecular weight excluding hydrogens is 523 g/mol. The zero-order valence-electron chi connectivity index (χ0n) is 23.1. The van der Waals surface area contributed by atoms with Gasteiger partial charge in [-0.2, -0.15) is 13.2 Å². The number of carbonyl (C=O) groups is 3. The quantitative estimate of drug-likeness (QED) is 0.235. The first-order valence-corrected chi connectivity index (χ1v) is 12.6. The monoisotopic (exact) mass is 555 g/mol. The molecule has 0 aliphatic carbocycles. The third kappa shape index (κ3) is 7.25. The molecule has 2 aromatic carbocycles. The summed E-state index contributed by atoms with van der Waals surface area (Å²) < 4.78 is 45.6. The maximum Gasteiger partial charge on any atom is 0.416 e. The largest absolute Gasteiger partial charge is 0.444 e. The highest BCUT2D eigenvalue weighted by molar-refractivity contribution is 6.11. The number of carbonyl (C=O) groups excluding carboxylic acids is 3. The van der Waals surface area contributed by atoms with Gasteiger partial charge < -0.3 is 14.8 Å². The second-order valence-electron chi connectivity index (χ2n) is 10.9. The smallest absolute Gasteiger partial charge is 0.416 e. The lowest BCUT2D eigenvalue weighted by Crippen LogP contribution is -2.39. The topological polar surface area (TPSA) is 97.4 Å². The molecule has 2 amide bonds. The van der Waals surface area contributed by atoms with Crippen molar-refractivity contribution in [1.29, 1.82) is 0 Å². The number of nitrogens with one attached hydrogen (secondary N) is 2. The average Bonchev–Trinajstić information content (AvgIpc) is 2.87. The van der Waals surface area contributed by atoms with Crippen LogP contribution in [0.15, 0.2) is 60.8 Å². The van der Waals surface area contributed by atoms with Crippen molar-refractivity contribution in [1.82, 2.24) is 4.98 Å². The van der Waals surface area contributed by atoms with Gasteiger partial charge in [0.1, 0.15) is 17.3 Å². The lowest BCUT2D eigenvalue weighted by Gasteiger charge is -2.25. The Balaban J connectivity index is 1.99. The number of amides is 2. The Labute approximate surface area is 231 Å². The summed E-state index contributed by atoms with van der Waals surface area (Å²) in [4.78, 5) is 42.6. The van der Waals surface area contributed by atoms with Crippen LogP contribution in [-0.2, 0) is 25.9 Å². The first-order valence-electron chi connectivity index (χ1n) is 12.6. The Morgan fingerprint density at radius 1 is 0.875 bits per heavy atom. The maximum absolute atomic E-state index is 13.5. The number of ether oxygens (including phenoxy) is 1. The molecule has 3 aromatic rings. The van der Waals surface area contributed by atoms with Gasteiger partial charge in [-0.15, -0.1) is 0 Å². The minimum Gasteiger partial charge on any atom is -0.444 e. The molecule has 3 rings (SSSR count). The maximum atomic E-state index is 13.5. The highest BCUT2D eigenvalue weighted by Gasteiger charge is 2.37. The van der Waals surface area contributed by atoms with E-state index in [1.807, 2.05) is 26.0 Å². The zero-order chi connectivity index (χ0) is 29.9. The Hall–Kier alpha value is -4.21. The van der Waals surface area contributed by atoms with Crippen LogP contribution in [-0.4, -0.2) is 28.9 Å². The lowest BCUT2D eigenvalue weighted by molar-refractivity contribution is -0.137. The summed E-state index contributed by atoms with van der Waals surface area (Å²) in [6.45, 7) is 10.3. The van der Waals surface area contributed by atoms with E-state index in [0.717, 1.165) is 29.0 Å². The highest BCUT2D eigenvalue weighted by atomic mass is 19.4. The molecule has 0 saturated carbocycles. The minimum atomic E-state index is -4.72. The molecule has 0 fully saturated rings. The van der Waals surface area contributed by atoms with Crippen molar-refractivity contribution < 1.29 is 32.3 Å². The lowest BCUT2D eigenvalue weighted by atomic mass is 9.81. The van der Waals surface area contributed by atoms with E-state index < -0.39 is 34.8 Å². The Kier molecular flexibility index (Phi) is 8.72. The number of halogens is 3. The van der Waals surface area contributed by atoms with Crippen molar-refractivity contribution in [2.45, 2.75) is 64.7 Å². The summed E-state index contributed by atoms with van der Waals surface area (Å²) in [5.74, 6) is -0.700. The average molecular weight is 556 g/mol. The van der Waals surface area contributed by atoms with E-state index in [1.54, 1.807) is 51.2 Å². The molecule has 1 heterocycles. The van der Waals surface area contributed by atoms with Gasteiger partial charge in [0, 0.05) is 11.9 Å². The number of anilines is 2. The number of benzene rings is 2. The normalized spacial score (nSPS) is 13.3. The molecule has 10 heteroatoms. The van der Waals surface area contributed by atoms with Gasteiger partial charge in [-0.3, -0.25) is 15.1 Å². The molecule has 0 aliphatic rings. The van der Waals surface area contributed by atoms with E-state index in [4.69, 9.17) is 4.74 Å². The summed E-state index contributed by atoms with van der Waals surface area (Å²) in [6.07, 6.45) is -3.53. The molecule has 1 atom stereocenters. The van der Waals surface area contributed by atoms with Gasteiger partial charge in [0.05, 0.1) is 16.9 Å². The number of rotatable bonds is 7. The van der Waals surface area contributed by atoms with E-state index in [-0.39, 0.29) is 17.3 Å². The third-order valence-corrected chi connectivity index (χ3v) is 6.11.